The van der Waals surface area contributed by atoms with Gasteiger partial charge in [-0.2, -0.15) is 0 Å². The van der Waals surface area contributed by atoms with Crippen LogP contribution in [0.3, 0.4) is 0 Å². The van der Waals surface area contributed by atoms with Crippen LogP contribution in [0.25, 0.3) is 0 Å². The van der Waals surface area contributed by atoms with Gasteiger partial charge in [-0.1, -0.05) is 62.4 Å². The molecule has 4 unspecified atom stereocenters. The normalized spacial score (nSPS) is 16.1. The summed E-state index contributed by atoms with van der Waals surface area (Å²) >= 11 is 1.37. The number of likely N-dealkylation sites (N-methyl/N-ethyl adjacent to an activating group) is 2. The quantitative estimate of drug-likeness (QED) is 0.128. The van der Waals surface area contributed by atoms with Gasteiger partial charge in [0.1, 0.15) is 18.9 Å². The number of nitrogens with zero attached hydrogens (tertiary/aromatic N) is 3. The smallest absolute Gasteiger partial charge is 0.243 e. The molecule has 0 radical (unpaired) electrons. The van der Waals surface area contributed by atoms with Crippen molar-refractivity contribution in [1.82, 2.24) is 25.4 Å². The molecule has 0 bridgehead atoms. The zero-order chi connectivity index (χ0) is 36.9. The fourth-order valence-electron chi connectivity index (χ4n) is 5.93. The molecule has 3 rings (SSSR count). The molecule has 1 saturated carbocycles. The van der Waals surface area contributed by atoms with E-state index in [-0.39, 0.29) is 37.5 Å². The lowest BCUT2D eigenvalue weighted by atomic mass is 9.82. The van der Waals surface area contributed by atoms with E-state index in [4.69, 9.17) is 6.42 Å². The average molecular weight is 724 g/mol. The zero-order valence-electron chi connectivity index (χ0n) is 29.0. The molecule has 1 aliphatic carbocycles. The van der Waals surface area contributed by atoms with Gasteiger partial charge in [0, 0.05) is 44.8 Å². The summed E-state index contributed by atoms with van der Waals surface area (Å²) in [7, 11) is 3.24. The van der Waals surface area contributed by atoms with Crippen LogP contribution < -0.4 is 10.6 Å². The highest BCUT2D eigenvalue weighted by molar-refractivity contribution is 7.07. The molecule has 4 N–H and O–H groups in total. The second-order valence-corrected chi connectivity index (χ2v) is 13.5. The number of aromatic nitrogens is 1. The first-order valence-corrected chi connectivity index (χ1v) is 17.9. The number of terminal acetylenes is 1. The highest BCUT2D eigenvalue weighted by Crippen LogP contribution is 2.29. The number of halogens is 3. The number of carbonyl (C=O) groups excluding carboxylic acids is 3. The SMILES string of the molecule is C#CCC(O)C(O)C(CC1CCCCC1)NC(=O)[C@H](Cc1cscn1)NC(=O)C(CC(=O)N(C)CCN(C)CF)Cc1ccccc1.FCF. The average Bonchev–Trinajstić information content (AvgIpc) is 3.63. The van der Waals surface area contributed by atoms with Gasteiger partial charge in [0.25, 0.3) is 0 Å². The fraction of sp³-hybridized carbons (Fsp3) is 0.611. The minimum Gasteiger partial charge on any atom is -0.389 e. The molecule has 50 heavy (non-hydrogen) atoms. The lowest BCUT2D eigenvalue weighted by molar-refractivity contribution is -0.137. The molecule has 1 aromatic heterocycles. The van der Waals surface area contributed by atoms with Crippen molar-refractivity contribution in [2.75, 3.05) is 40.9 Å². The number of alkyl halides is 3. The van der Waals surface area contributed by atoms with E-state index in [1.54, 1.807) is 25.0 Å². The Kier molecular flexibility index (Phi) is 20.3. The standard InChI is InChI=1S/C35H50FN5O5S.CH2F2/c1-4-11-31(42)33(44)29(19-26-14-9-6-10-15-26)38-35(46)30(21-28-22-47-24-37-28)39-34(45)27(18-25-12-7-5-8-13-25)20-32(43)41(3)17-16-40(2)23-36;2-1-3/h1,5,7-8,12-13,22,24,26-27,29-31,33,42,44H,6,9-11,14-21,23H2,2-3H3,(H,38,46)(H,39,45);1H2/t27?,29?,30-,31?,33?;/m0./s1. The lowest BCUT2D eigenvalue weighted by Gasteiger charge is -2.33. The number of nitrogens with one attached hydrogen (secondary N) is 2. The molecular formula is C36H52F3N5O5S. The Morgan fingerprint density at radius 3 is 2.30 bits per heavy atom. The summed E-state index contributed by atoms with van der Waals surface area (Å²) in [6, 6.07) is 7.50. The second-order valence-electron chi connectivity index (χ2n) is 12.8. The van der Waals surface area contributed by atoms with E-state index in [0.29, 0.717) is 25.2 Å². The number of thiazole rings is 1. The van der Waals surface area contributed by atoms with Crippen molar-refractivity contribution in [3.05, 3.63) is 52.5 Å². The number of rotatable bonds is 19. The summed E-state index contributed by atoms with van der Waals surface area (Å²) in [6.45, 7) is -1.75. The number of carbonyl (C=O) groups is 3. The Bertz CT molecular complexity index is 1300. The van der Waals surface area contributed by atoms with Gasteiger partial charge in [-0.05, 0) is 31.4 Å². The second kappa shape index (κ2) is 23.8. The molecule has 5 atom stereocenters. The summed E-state index contributed by atoms with van der Waals surface area (Å²) in [5.74, 6) is 0.596. The maximum Gasteiger partial charge on any atom is 0.243 e. The molecule has 10 nitrogen and oxygen atoms in total. The van der Waals surface area contributed by atoms with Crippen LogP contribution in [0.4, 0.5) is 13.2 Å². The van der Waals surface area contributed by atoms with Gasteiger partial charge in [-0.15, -0.1) is 23.7 Å². The number of benzene rings is 1. The van der Waals surface area contributed by atoms with Gasteiger partial charge in [0.2, 0.25) is 24.6 Å². The Morgan fingerprint density at radius 2 is 1.70 bits per heavy atom. The summed E-state index contributed by atoms with van der Waals surface area (Å²) < 4.78 is 32.2. The van der Waals surface area contributed by atoms with Gasteiger partial charge in [0.05, 0.1) is 29.3 Å². The largest absolute Gasteiger partial charge is 0.389 e. The third-order valence-electron chi connectivity index (χ3n) is 8.87. The summed E-state index contributed by atoms with van der Waals surface area (Å²) in [4.78, 5) is 48.4. The molecular weight excluding hydrogens is 671 g/mol. The van der Waals surface area contributed by atoms with E-state index in [9.17, 15) is 37.8 Å². The van der Waals surface area contributed by atoms with Crippen LogP contribution in [0, 0.1) is 24.2 Å². The number of hydrogen-bond donors (Lipinski definition) is 4. The van der Waals surface area contributed by atoms with Crippen LogP contribution in [0.5, 0.6) is 0 Å². The first-order valence-electron chi connectivity index (χ1n) is 16.9. The Labute approximate surface area is 297 Å². The van der Waals surface area contributed by atoms with Crippen molar-refractivity contribution >= 4 is 29.1 Å². The maximum absolute atomic E-state index is 13.9. The van der Waals surface area contributed by atoms with Crippen molar-refractivity contribution in [3.63, 3.8) is 0 Å². The van der Waals surface area contributed by atoms with Crippen LogP contribution in [0.15, 0.2) is 41.2 Å². The molecule has 0 spiro atoms. The molecule has 0 aliphatic heterocycles. The molecule has 1 aliphatic rings. The minimum atomic E-state index is -1.75. The molecule has 278 valence electrons. The fourth-order valence-corrected chi connectivity index (χ4v) is 6.50. The van der Waals surface area contributed by atoms with E-state index >= 15 is 0 Å². The van der Waals surface area contributed by atoms with Crippen molar-refractivity contribution in [3.8, 4) is 12.3 Å². The van der Waals surface area contributed by atoms with Crippen LogP contribution >= 0.6 is 11.3 Å². The first kappa shape index (κ1) is 42.7. The highest BCUT2D eigenvalue weighted by Gasteiger charge is 2.34. The van der Waals surface area contributed by atoms with Crippen LogP contribution in [0.1, 0.15) is 62.6 Å². The van der Waals surface area contributed by atoms with Crippen LogP contribution in [0.2, 0.25) is 0 Å². The minimum absolute atomic E-state index is 0.0646. The molecule has 1 fully saturated rings. The monoisotopic (exact) mass is 723 g/mol. The highest BCUT2D eigenvalue weighted by atomic mass is 32.1. The van der Waals surface area contributed by atoms with Gasteiger partial charge >= 0.3 is 0 Å². The Hall–Kier alpha value is -3.51. The molecule has 0 saturated heterocycles. The zero-order valence-corrected chi connectivity index (χ0v) is 29.8. The van der Waals surface area contributed by atoms with E-state index in [2.05, 4.69) is 21.5 Å². The molecule has 1 heterocycles. The number of aliphatic hydroxyl groups excluding tert-OH is 2. The van der Waals surface area contributed by atoms with E-state index < -0.39 is 55.8 Å². The lowest BCUT2D eigenvalue weighted by Crippen LogP contribution is -2.56. The molecule has 3 amide bonds. The van der Waals surface area contributed by atoms with E-state index in [1.807, 2.05) is 30.3 Å². The van der Waals surface area contributed by atoms with Crippen molar-refractivity contribution in [2.45, 2.75) is 88.5 Å². The molecule has 14 heteroatoms. The van der Waals surface area contributed by atoms with Crippen molar-refractivity contribution in [1.29, 1.82) is 0 Å². The van der Waals surface area contributed by atoms with Gasteiger partial charge in [-0.3, -0.25) is 19.3 Å². The third-order valence-corrected chi connectivity index (χ3v) is 9.50. The topological polar surface area (TPSA) is 135 Å². The van der Waals surface area contributed by atoms with Crippen LogP contribution in [-0.4, -0.2) is 108 Å². The maximum atomic E-state index is 13.9. The van der Waals surface area contributed by atoms with Crippen molar-refractivity contribution < 1.29 is 37.8 Å². The van der Waals surface area contributed by atoms with Gasteiger partial charge in [-0.25, -0.2) is 18.2 Å². The number of hydrogen-bond acceptors (Lipinski definition) is 8. The number of aliphatic hydroxyl groups is 2. The van der Waals surface area contributed by atoms with E-state index in [0.717, 1.165) is 37.7 Å². The number of amides is 3. The molecule has 2 aromatic rings. The third kappa shape index (κ3) is 15.6. The molecule has 1 aromatic carbocycles. The van der Waals surface area contributed by atoms with Gasteiger partial charge < -0.3 is 25.7 Å². The predicted molar refractivity (Wildman–Crippen MR) is 188 cm³/mol. The first-order chi connectivity index (χ1) is 24.0. The van der Waals surface area contributed by atoms with Gasteiger partial charge in [0.15, 0.2) is 0 Å². The Morgan fingerprint density at radius 1 is 1.02 bits per heavy atom. The summed E-state index contributed by atoms with van der Waals surface area (Å²) in [5, 5.41) is 29.3. The summed E-state index contributed by atoms with van der Waals surface area (Å²) in [5.41, 5.74) is 3.11. The Balaban J connectivity index is 0.00000278. The van der Waals surface area contributed by atoms with Crippen molar-refractivity contribution in [2.24, 2.45) is 11.8 Å². The van der Waals surface area contributed by atoms with E-state index in [1.165, 1.54) is 21.1 Å². The van der Waals surface area contributed by atoms with Crippen LogP contribution in [-0.2, 0) is 27.2 Å². The predicted octanol–water partition coefficient (Wildman–Crippen LogP) is 3.82. The summed E-state index contributed by atoms with van der Waals surface area (Å²) in [6.07, 6.45) is 8.78.